The van der Waals surface area contributed by atoms with Gasteiger partial charge in [0.1, 0.15) is 6.04 Å². The molecule has 1 fully saturated rings. The van der Waals surface area contributed by atoms with Gasteiger partial charge < -0.3 is 9.57 Å². The molecule has 0 bridgehead atoms. The van der Waals surface area contributed by atoms with E-state index in [2.05, 4.69) is 29.2 Å². The number of thiazole rings is 1. The predicted molar refractivity (Wildman–Crippen MR) is 161 cm³/mol. The minimum atomic E-state index is -0.783. The van der Waals surface area contributed by atoms with E-state index in [1.807, 2.05) is 34.7 Å². The van der Waals surface area contributed by atoms with E-state index in [0.29, 0.717) is 12.8 Å². The number of likely N-dealkylation sites (N-methyl/N-ethyl adjacent to an activating group) is 1. The molecule has 41 heavy (non-hydrogen) atoms. The van der Waals surface area contributed by atoms with Gasteiger partial charge in [0.15, 0.2) is 17.3 Å². The van der Waals surface area contributed by atoms with Crippen molar-refractivity contribution in [3.63, 3.8) is 0 Å². The highest BCUT2D eigenvalue weighted by Gasteiger charge is 2.40. The Morgan fingerprint density at radius 3 is 2.44 bits per heavy atom. The highest BCUT2D eigenvalue weighted by atomic mass is 32.1. The van der Waals surface area contributed by atoms with E-state index in [4.69, 9.17) is 9.57 Å². The minimum Gasteiger partial charge on any atom is -0.464 e. The normalized spacial score (nSPS) is 19.7. The number of nitrogens with one attached hydrogen (secondary N) is 1. The van der Waals surface area contributed by atoms with Crippen LogP contribution in [-0.2, 0) is 24.0 Å². The molecule has 0 aromatic carbocycles. The fourth-order valence-corrected chi connectivity index (χ4v) is 6.55. The van der Waals surface area contributed by atoms with Crippen LogP contribution in [0.1, 0.15) is 114 Å². The maximum absolute atomic E-state index is 14.4. The SMILES string of the molecule is CCCC(=O)ONC(C(=O)[C@@H](CC(=O)C1CCCCN1C)[C@@H](C)CC)[C@H](C[C@@H](C)c1nc(C(=O)OC)cs1)C(C)C. The van der Waals surface area contributed by atoms with Gasteiger partial charge in [-0.2, -0.15) is 0 Å². The van der Waals surface area contributed by atoms with Crippen molar-refractivity contribution in [1.29, 1.82) is 0 Å². The van der Waals surface area contributed by atoms with Gasteiger partial charge >= 0.3 is 11.9 Å². The molecule has 2 unspecified atom stereocenters. The van der Waals surface area contributed by atoms with Crippen molar-refractivity contribution in [1.82, 2.24) is 15.4 Å². The number of ether oxygens (including phenoxy) is 1. The van der Waals surface area contributed by atoms with Crippen LogP contribution < -0.4 is 5.48 Å². The summed E-state index contributed by atoms with van der Waals surface area (Å²) in [5, 5.41) is 2.46. The predicted octanol–water partition coefficient (Wildman–Crippen LogP) is 5.59. The number of hydrogen-bond acceptors (Lipinski definition) is 10. The Kier molecular flexibility index (Phi) is 14.6. The first-order chi connectivity index (χ1) is 19.4. The fourth-order valence-electron chi connectivity index (χ4n) is 5.69. The van der Waals surface area contributed by atoms with Crippen LogP contribution in [0.3, 0.4) is 0 Å². The molecule has 2 heterocycles. The second kappa shape index (κ2) is 17.1. The van der Waals surface area contributed by atoms with E-state index < -0.39 is 23.9 Å². The van der Waals surface area contributed by atoms with E-state index in [1.165, 1.54) is 18.4 Å². The van der Waals surface area contributed by atoms with Gasteiger partial charge in [0.25, 0.3) is 0 Å². The summed E-state index contributed by atoms with van der Waals surface area (Å²) in [7, 11) is 3.31. The summed E-state index contributed by atoms with van der Waals surface area (Å²) in [6.45, 7) is 13.0. The van der Waals surface area contributed by atoms with Gasteiger partial charge in [0.2, 0.25) is 0 Å². The molecule has 2 rings (SSSR count). The third kappa shape index (κ3) is 9.96. The number of nitrogens with zero attached hydrogens (tertiary/aromatic N) is 2. The third-order valence-corrected chi connectivity index (χ3v) is 9.64. The van der Waals surface area contributed by atoms with E-state index in [1.54, 1.807) is 5.38 Å². The van der Waals surface area contributed by atoms with Gasteiger partial charge in [-0.3, -0.25) is 19.3 Å². The number of hydrogen-bond donors (Lipinski definition) is 1. The number of ketones is 2. The number of carbonyl (C=O) groups is 4. The number of hydroxylamine groups is 1. The topological polar surface area (TPSA) is 115 Å². The number of likely N-dealkylation sites (tertiary alicyclic amines) is 1. The summed E-state index contributed by atoms with van der Waals surface area (Å²) < 4.78 is 4.81. The van der Waals surface area contributed by atoms with Crippen molar-refractivity contribution in [2.24, 2.45) is 23.7 Å². The summed E-state index contributed by atoms with van der Waals surface area (Å²) >= 11 is 1.39. The number of Topliss-reactive ketones (excluding diaryl/α,β-unsaturated/α-hetero) is 2. The monoisotopic (exact) mass is 593 g/mol. The Balaban J connectivity index is 2.37. The summed E-state index contributed by atoms with van der Waals surface area (Å²) in [6, 6.07) is -0.944. The van der Waals surface area contributed by atoms with Crippen molar-refractivity contribution >= 4 is 34.8 Å². The second-order valence-corrected chi connectivity index (χ2v) is 12.9. The lowest BCUT2D eigenvalue weighted by molar-refractivity contribution is -0.157. The van der Waals surface area contributed by atoms with Crippen LogP contribution in [0.15, 0.2) is 5.38 Å². The lowest BCUT2D eigenvalue weighted by Gasteiger charge is -2.36. The van der Waals surface area contributed by atoms with Crippen LogP contribution >= 0.6 is 11.3 Å². The minimum absolute atomic E-state index is 0.0113. The molecule has 1 saturated heterocycles. The van der Waals surface area contributed by atoms with Gasteiger partial charge in [0, 0.05) is 30.1 Å². The quantitative estimate of drug-likeness (QED) is 0.182. The van der Waals surface area contributed by atoms with Gasteiger partial charge in [-0.05, 0) is 57.0 Å². The van der Waals surface area contributed by atoms with Crippen LogP contribution in [0.25, 0.3) is 0 Å². The average molecular weight is 594 g/mol. The summed E-state index contributed by atoms with van der Waals surface area (Å²) in [4.78, 5) is 64.3. The highest BCUT2D eigenvalue weighted by molar-refractivity contribution is 7.09. The highest BCUT2D eigenvalue weighted by Crippen LogP contribution is 2.35. The van der Waals surface area contributed by atoms with Gasteiger partial charge in [0.05, 0.1) is 18.2 Å². The number of rotatable bonds is 17. The Labute approximate surface area is 250 Å². The van der Waals surface area contributed by atoms with Crippen LogP contribution in [-0.4, -0.2) is 66.2 Å². The Hall–Kier alpha value is -2.17. The first-order valence-corrected chi connectivity index (χ1v) is 16.1. The van der Waals surface area contributed by atoms with Crippen molar-refractivity contribution in [3.05, 3.63) is 16.1 Å². The summed E-state index contributed by atoms with van der Waals surface area (Å²) in [5.74, 6) is -1.59. The third-order valence-electron chi connectivity index (χ3n) is 8.57. The largest absolute Gasteiger partial charge is 0.464 e. The fraction of sp³-hybridized carbons (Fsp3) is 0.774. The molecular formula is C31H51N3O6S. The number of piperidine rings is 1. The number of carbonyl (C=O) groups excluding carboxylic acids is 4. The summed E-state index contributed by atoms with van der Waals surface area (Å²) in [5.41, 5.74) is 3.15. The lowest BCUT2D eigenvalue weighted by atomic mass is 9.73. The second-order valence-electron chi connectivity index (χ2n) is 12.0. The Bertz CT molecular complexity index is 1010. The van der Waals surface area contributed by atoms with Crippen LogP contribution in [0.2, 0.25) is 0 Å². The van der Waals surface area contributed by atoms with E-state index >= 15 is 0 Å². The van der Waals surface area contributed by atoms with Gasteiger partial charge in [-0.15, -0.1) is 16.8 Å². The van der Waals surface area contributed by atoms with Gasteiger partial charge in [-0.25, -0.2) is 9.78 Å². The van der Waals surface area contributed by atoms with Crippen molar-refractivity contribution in [3.8, 4) is 0 Å². The first kappa shape index (κ1) is 35.0. The average Bonchev–Trinajstić information content (AvgIpc) is 3.45. The molecule has 10 heteroatoms. The molecule has 9 nitrogen and oxygen atoms in total. The maximum atomic E-state index is 14.4. The van der Waals surface area contributed by atoms with Crippen molar-refractivity contribution in [2.45, 2.75) is 111 Å². The molecule has 0 radical (unpaired) electrons. The molecule has 1 aromatic heterocycles. The maximum Gasteiger partial charge on any atom is 0.357 e. The number of methoxy groups -OCH3 is 1. The molecule has 0 aliphatic carbocycles. The molecule has 6 atom stereocenters. The Morgan fingerprint density at radius 2 is 1.85 bits per heavy atom. The van der Waals surface area contributed by atoms with E-state index in [0.717, 1.165) is 37.2 Å². The molecule has 1 aliphatic rings. The molecule has 1 aliphatic heterocycles. The lowest BCUT2D eigenvalue weighted by Crippen LogP contribution is -2.50. The zero-order chi connectivity index (χ0) is 30.7. The van der Waals surface area contributed by atoms with Crippen LogP contribution in [0.4, 0.5) is 0 Å². The first-order valence-electron chi connectivity index (χ1n) is 15.2. The zero-order valence-corrected chi connectivity index (χ0v) is 27.1. The van der Waals surface area contributed by atoms with E-state index in [9.17, 15) is 19.2 Å². The van der Waals surface area contributed by atoms with Crippen LogP contribution in [0.5, 0.6) is 0 Å². The molecule has 232 valence electrons. The molecule has 1 N–H and O–H groups in total. The van der Waals surface area contributed by atoms with Crippen molar-refractivity contribution in [2.75, 3.05) is 20.7 Å². The van der Waals surface area contributed by atoms with Gasteiger partial charge in [-0.1, -0.05) is 54.4 Å². The molecule has 1 aromatic rings. The molecular weight excluding hydrogens is 542 g/mol. The number of aromatic nitrogens is 1. The number of esters is 1. The Morgan fingerprint density at radius 1 is 1.15 bits per heavy atom. The van der Waals surface area contributed by atoms with Crippen LogP contribution in [0, 0.1) is 23.7 Å². The zero-order valence-electron chi connectivity index (χ0n) is 26.2. The summed E-state index contributed by atoms with van der Waals surface area (Å²) in [6.07, 6.45) is 5.31. The van der Waals surface area contributed by atoms with Crippen molar-refractivity contribution < 1.29 is 28.8 Å². The molecule has 0 saturated carbocycles. The molecule has 0 spiro atoms. The smallest absolute Gasteiger partial charge is 0.357 e. The standard InChI is InChI=1S/C31H51N3O6S/c1-9-13-27(36)40-33-28(22(19(3)4)16-21(6)30-32-24(18-41-30)31(38)39-8)29(37)23(20(5)10-2)17-26(35)25-14-11-12-15-34(25)7/h18-23,25,28,33H,9-17H2,1-8H3/t20-,21+,22+,23-,25?,28?/m0/s1. The van der Waals surface area contributed by atoms with E-state index in [-0.39, 0.29) is 59.8 Å². The molecule has 0 amide bonds.